The number of benzene rings is 3. The molecule has 0 aliphatic heterocycles. The summed E-state index contributed by atoms with van der Waals surface area (Å²) >= 11 is 1.37. The van der Waals surface area contributed by atoms with Crippen molar-refractivity contribution in [2.75, 3.05) is 6.61 Å². The van der Waals surface area contributed by atoms with Gasteiger partial charge in [0.2, 0.25) is 0 Å². The number of aromatic nitrogens is 2. The van der Waals surface area contributed by atoms with E-state index in [1.807, 2.05) is 56.3 Å². The van der Waals surface area contributed by atoms with Gasteiger partial charge in [0.1, 0.15) is 12.4 Å². The summed E-state index contributed by atoms with van der Waals surface area (Å²) in [5.74, 6) is 0.891. The van der Waals surface area contributed by atoms with E-state index in [4.69, 9.17) is 9.47 Å². The third-order valence-electron chi connectivity index (χ3n) is 5.34. The summed E-state index contributed by atoms with van der Waals surface area (Å²) < 4.78 is 27.1. The summed E-state index contributed by atoms with van der Waals surface area (Å²) in [6, 6.07) is 17.6. The highest BCUT2D eigenvalue weighted by atomic mass is 32.1. The van der Waals surface area contributed by atoms with Crippen LogP contribution >= 0.6 is 11.3 Å². The van der Waals surface area contributed by atoms with Crippen molar-refractivity contribution in [3.05, 3.63) is 98.1 Å². The predicted octanol–water partition coefficient (Wildman–Crippen LogP) is 4.88. The molecular weight excluding hydrogens is 439 g/mol. The molecule has 0 saturated heterocycles. The minimum absolute atomic E-state index is 0.0855. The average Bonchev–Trinajstić information content (AvgIpc) is 3.32. The summed E-state index contributed by atoms with van der Waals surface area (Å²) in [5, 5.41) is 0. The van der Waals surface area contributed by atoms with Crippen LogP contribution in [0.4, 0.5) is 4.39 Å². The molecule has 5 rings (SSSR count). The van der Waals surface area contributed by atoms with Crippen LogP contribution in [0, 0.1) is 12.7 Å². The summed E-state index contributed by atoms with van der Waals surface area (Å²) in [6.07, 6.45) is 1.84. The van der Waals surface area contributed by atoms with Crippen molar-refractivity contribution < 1.29 is 13.9 Å². The number of imidazole rings is 1. The lowest BCUT2D eigenvalue weighted by atomic mass is 10.2. The van der Waals surface area contributed by atoms with E-state index in [1.165, 1.54) is 23.5 Å². The number of hydrogen-bond donors (Lipinski definition) is 0. The van der Waals surface area contributed by atoms with Crippen LogP contribution in [0.2, 0.25) is 0 Å². The van der Waals surface area contributed by atoms with Gasteiger partial charge in [0.25, 0.3) is 5.56 Å². The second-order valence-corrected chi connectivity index (χ2v) is 8.65. The first-order valence-corrected chi connectivity index (χ1v) is 11.4. The average molecular weight is 461 g/mol. The van der Waals surface area contributed by atoms with Crippen molar-refractivity contribution >= 4 is 33.4 Å². The van der Waals surface area contributed by atoms with E-state index in [-0.39, 0.29) is 11.4 Å². The van der Waals surface area contributed by atoms with Crippen molar-refractivity contribution in [2.24, 2.45) is 0 Å². The molecule has 0 bridgehead atoms. The molecule has 0 unspecified atom stereocenters. The fourth-order valence-electron chi connectivity index (χ4n) is 3.72. The summed E-state index contributed by atoms with van der Waals surface area (Å²) in [5.41, 5.74) is 4.33. The van der Waals surface area contributed by atoms with Crippen LogP contribution in [0.25, 0.3) is 22.1 Å². The van der Waals surface area contributed by atoms with Gasteiger partial charge in [-0.1, -0.05) is 41.7 Å². The van der Waals surface area contributed by atoms with E-state index in [2.05, 4.69) is 4.98 Å². The Balaban J connectivity index is 1.49. The molecule has 0 fully saturated rings. The Morgan fingerprint density at radius 3 is 2.67 bits per heavy atom. The van der Waals surface area contributed by atoms with Gasteiger partial charge in [0.15, 0.2) is 16.5 Å². The SMILES string of the molecule is CCOc1cc(/C=c2\sc3nc4c(C)cccc4n3c2=O)ccc1OCc1ccc(F)cc1. The number of fused-ring (bicyclic) bond motifs is 3. The van der Waals surface area contributed by atoms with Crippen molar-refractivity contribution in [1.29, 1.82) is 0 Å². The maximum Gasteiger partial charge on any atom is 0.274 e. The van der Waals surface area contributed by atoms with Gasteiger partial charge in [-0.15, -0.1) is 0 Å². The quantitative estimate of drug-likeness (QED) is 0.362. The first kappa shape index (κ1) is 21.2. The second kappa shape index (κ2) is 8.67. The Bertz CT molecular complexity index is 1570. The molecule has 2 aromatic heterocycles. The van der Waals surface area contributed by atoms with Gasteiger partial charge in [-0.3, -0.25) is 4.79 Å². The maximum atomic E-state index is 13.1. The number of hydrogen-bond acceptors (Lipinski definition) is 5. The molecule has 0 N–H and O–H groups in total. The molecular formula is C26H21FN2O3S. The highest BCUT2D eigenvalue weighted by Gasteiger charge is 2.13. The molecule has 0 atom stereocenters. The first-order valence-electron chi connectivity index (χ1n) is 10.6. The summed E-state index contributed by atoms with van der Waals surface area (Å²) in [6.45, 7) is 4.66. The lowest BCUT2D eigenvalue weighted by molar-refractivity contribution is 0.269. The topological polar surface area (TPSA) is 52.8 Å². The standard InChI is InChI=1S/C26H21FN2O3S/c1-3-31-22-13-18(9-12-21(22)32-15-17-7-10-19(27)11-8-17)14-23-25(30)29-20-6-4-5-16(2)24(20)28-26(29)33-23/h4-14H,3,15H2,1-2H3/b23-14-. The van der Waals surface area contributed by atoms with Gasteiger partial charge < -0.3 is 9.47 Å². The van der Waals surface area contributed by atoms with Gasteiger partial charge in [0, 0.05) is 0 Å². The molecule has 0 aliphatic carbocycles. The third-order valence-corrected chi connectivity index (χ3v) is 6.31. The normalized spacial score (nSPS) is 12.0. The second-order valence-electron chi connectivity index (χ2n) is 7.64. The van der Waals surface area contributed by atoms with Crippen molar-refractivity contribution in [3.8, 4) is 11.5 Å². The zero-order valence-corrected chi connectivity index (χ0v) is 19.0. The van der Waals surface area contributed by atoms with E-state index in [9.17, 15) is 9.18 Å². The van der Waals surface area contributed by atoms with Crippen molar-refractivity contribution in [2.45, 2.75) is 20.5 Å². The Hall–Kier alpha value is -3.71. The van der Waals surface area contributed by atoms with Crippen LogP contribution in [0.15, 0.2) is 65.5 Å². The largest absolute Gasteiger partial charge is 0.490 e. The zero-order valence-electron chi connectivity index (χ0n) is 18.2. The molecule has 5 nitrogen and oxygen atoms in total. The van der Waals surface area contributed by atoms with Crippen LogP contribution in [-0.4, -0.2) is 16.0 Å². The van der Waals surface area contributed by atoms with Crippen LogP contribution in [0.3, 0.4) is 0 Å². The number of rotatable bonds is 6. The number of halogens is 1. The number of aryl methyl sites for hydroxylation is 1. The molecule has 0 amide bonds. The number of nitrogens with zero attached hydrogens (tertiary/aromatic N) is 2. The Morgan fingerprint density at radius 1 is 1.06 bits per heavy atom. The van der Waals surface area contributed by atoms with Gasteiger partial charge in [-0.2, -0.15) is 0 Å². The highest BCUT2D eigenvalue weighted by molar-refractivity contribution is 7.15. The van der Waals surface area contributed by atoms with E-state index in [1.54, 1.807) is 16.5 Å². The van der Waals surface area contributed by atoms with Gasteiger partial charge in [-0.05, 0) is 66.9 Å². The molecule has 0 aliphatic rings. The minimum atomic E-state index is -0.282. The van der Waals surface area contributed by atoms with Gasteiger partial charge >= 0.3 is 0 Å². The molecule has 3 aromatic carbocycles. The van der Waals surface area contributed by atoms with Crippen molar-refractivity contribution in [3.63, 3.8) is 0 Å². The molecule has 33 heavy (non-hydrogen) atoms. The number of para-hydroxylation sites is 1. The van der Waals surface area contributed by atoms with Crippen LogP contribution in [-0.2, 0) is 6.61 Å². The summed E-state index contributed by atoms with van der Waals surface area (Å²) in [7, 11) is 0. The van der Waals surface area contributed by atoms with E-state index in [0.29, 0.717) is 34.2 Å². The molecule has 0 spiro atoms. The Kier molecular flexibility index (Phi) is 5.56. The summed E-state index contributed by atoms with van der Waals surface area (Å²) in [4.78, 5) is 18.4. The highest BCUT2D eigenvalue weighted by Crippen LogP contribution is 2.30. The molecule has 166 valence electrons. The lowest BCUT2D eigenvalue weighted by Gasteiger charge is -2.12. The minimum Gasteiger partial charge on any atom is -0.490 e. The monoisotopic (exact) mass is 460 g/mol. The fourth-order valence-corrected chi connectivity index (χ4v) is 4.70. The van der Waals surface area contributed by atoms with Gasteiger partial charge in [0.05, 0.1) is 22.2 Å². The van der Waals surface area contributed by atoms with Gasteiger partial charge in [-0.25, -0.2) is 13.8 Å². The molecule has 5 aromatic rings. The van der Waals surface area contributed by atoms with Crippen LogP contribution in [0.1, 0.15) is 23.6 Å². The lowest BCUT2D eigenvalue weighted by Crippen LogP contribution is -2.22. The van der Waals surface area contributed by atoms with Crippen LogP contribution in [0.5, 0.6) is 11.5 Å². The zero-order chi connectivity index (χ0) is 22.9. The van der Waals surface area contributed by atoms with E-state index >= 15 is 0 Å². The number of thiazole rings is 1. The third kappa shape index (κ3) is 4.07. The smallest absolute Gasteiger partial charge is 0.274 e. The first-order chi connectivity index (χ1) is 16.0. The Morgan fingerprint density at radius 2 is 1.88 bits per heavy atom. The van der Waals surface area contributed by atoms with E-state index < -0.39 is 0 Å². The van der Waals surface area contributed by atoms with Crippen molar-refractivity contribution in [1.82, 2.24) is 9.38 Å². The maximum absolute atomic E-state index is 13.1. The molecule has 2 heterocycles. The van der Waals surface area contributed by atoms with Crippen LogP contribution < -0.4 is 19.6 Å². The molecule has 7 heteroatoms. The Labute approximate surface area is 193 Å². The fraction of sp³-hybridized carbons (Fsp3) is 0.154. The number of ether oxygens (including phenoxy) is 2. The van der Waals surface area contributed by atoms with E-state index in [0.717, 1.165) is 27.7 Å². The molecule has 0 radical (unpaired) electrons. The molecule has 0 saturated carbocycles. The predicted molar refractivity (Wildman–Crippen MR) is 129 cm³/mol.